The summed E-state index contributed by atoms with van der Waals surface area (Å²) in [5, 5.41) is 10.8. The van der Waals surface area contributed by atoms with Gasteiger partial charge in [0, 0.05) is 5.56 Å². The van der Waals surface area contributed by atoms with Crippen LogP contribution in [0.5, 0.6) is 11.5 Å². The Bertz CT molecular complexity index is 949. The largest absolute Gasteiger partial charge is 0.497 e. The quantitative estimate of drug-likeness (QED) is 0.622. The molecule has 1 aliphatic heterocycles. The molecular weight excluding hydrogens is 374 g/mol. The van der Waals surface area contributed by atoms with Gasteiger partial charge in [-0.1, -0.05) is 36.1 Å². The number of methoxy groups -OCH3 is 2. The lowest BCUT2D eigenvalue weighted by atomic mass is 10.0. The molecule has 3 rings (SSSR count). The molecule has 1 fully saturated rings. The Morgan fingerprint density at radius 2 is 2.00 bits per heavy atom. The van der Waals surface area contributed by atoms with Crippen LogP contribution in [0.3, 0.4) is 0 Å². The second kappa shape index (κ2) is 7.35. The maximum absolute atomic E-state index is 12.5. The molecule has 0 unspecified atom stereocenters. The van der Waals surface area contributed by atoms with Crippen molar-refractivity contribution in [2.45, 2.75) is 0 Å². The molecule has 0 aliphatic carbocycles. The lowest BCUT2D eigenvalue weighted by Gasteiger charge is -2.11. The van der Waals surface area contributed by atoms with Gasteiger partial charge < -0.3 is 14.6 Å². The number of carboxylic acid groups (broad SMARTS) is 1. The number of carbonyl (C=O) groups excluding carboxylic acids is 1. The number of hydrogen-bond acceptors (Lipinski definition) is 6. The number of carboxylic acids is 1. The summed E-state index contributed by atoms with van der Waals surface area (Å²) in [5.74, 6) is -0.271. The third-order valence-electron chi connectivity index (χ3n) is 3.89. The summed E-state index contributed by atoms with van der Waals surface area (Å²) < 4.78 is 11.0. The molecule has 1 N–H and O–H groups in total. The Kier molecular flexibility index (Phi) is 5.15. The van der Waals surface area contributed by atoms with E-state index in [1.165, 1.54) is 0 Å². The van der Waals surface area contributed by atoms with Crippen LogP contribution < -0.4 is 9.47 Å². The fraction of sp³-hybridized carbons (Fsp3) is 0.167. The fourth-order valence-corrected chi connectivity index (χ4v) is 3.90. The van der Waals surface area contributed by atoms with E-state index in [1.54, 1.807) is 20.3 Å². The minimum Gasteiger partial charge on any atom is -0.497 e. The molecule has 6 nitrogen and oxygen atoms in total. The molecular formula is C18H15NO5S2. The molecule has 1 aliphatic rings. The van der Waals surface area contributed by atoms with Crippen LogP contribution in [0, 0.1) is 0 Å². The number of benzene rings is 2. The molecule has 0 radical (unpaired) electrons. The number of thiocarbonyl (C=S) groups is 1. The van der Waals surface area contributed by atoms with Crippen LogP contribution >= 0.6 is 24.0 Å². The molecule has 8 heteroatoms. The van der Waals surface area contributed by atoms with E-state index in [-0.39, 0.29) is 4.32 Å². The third-order valence-corrected chi connectivity index (χ3v) is 5.27. The van der Waals surface area contributed by atoms with Crippen molar-refractivity contribution >= 4 is 57.0 Å². The normalized spacial score (nSPS) is 15.8. The second-order valence-electron chi connectivity index (χ2n) is 5.43. The van der Waals surface area contributed by atoms with Crippen molar-refractivity contribution in [1.82, 2.24) is 4.90 Å². The Morgan fingerprint density at radius 1 is 1.27 bits per heavy atom. The SMILES string of the molecule is COc1ccc2ccc(OC)c(/C=C3\SC(=S)N(CC(=O)O)C3=O)c2c1. The van der Waals surface area contributed by atoms with Gasteiger partial charge in [0.2, 0.25) is 0 Å². The molecule has 0 spiro atoms. The van der Waals surface area contributed by atoms with Gasteiger partial charge in [0.15, 0.2) is 0 Å². The van der Waals surface area contributed by atoms with Crippen LogP contribution in [-0.4, -0.2) is 47.0 Å². The van der Waals surface area contributed by atoms with Gasteiger partial charge in [-0.2, -0.15) is 0 Å². The van der Waals surface area contributed by atoms with Crippen LogP contribution in [0.1, 0.15) is 5.56 Å². The number of fused-ring (bicyclic) bond motifs is 1. The van der Waals surface area contributed by atoms with Gasteiger partial charge >= 0.3 is 5.97 Å². The number of rotatable bonds is 5. The van der Waals surface area contributed by atoms with Gasteiger partial charge in [-0.3, -0.25) is 14.5 Å². The number of ether oxygens (including phenoxy) is 2. The first kappa shape index (κ1) is 18.2. The molecule has 0 bridgehead atoms. The monoisotopic (exact) mass is 389 g/mol. The minimum atomic E-state index is -1.12. The van der Waals surface area contributed by atoms with Gasteiger partial charge in [0.05, 0.1) is 19.1 Å². The number of amides is 1. The van der Waals surface area contributed by atoms with E-state index >= 15 is 0 Å². The molecule has 1 amide bonds. The first-order chi connectivity index (χ1) is 12.4. The standard InChI is InChI=1S/C18H15NO5S2/c1-23-11-5-3-10-4-6-14(24-2)13(12(10)7-11)8-15-17(22)19(9-16(20)21)18(25)26-15/h3-8H,9H2,1-2H3,(H,20,21)/b15-8-. The van der Waals surface area contributed by atoms with Crippen LogP contribution in [-0.2, 0) is 9.59 Å². The van der Waals surface area contributed by atoms with Gasteiger partial charge in [-0.15, -0.1) is 0 Å². The number of thioether (sulfide) groups is 1. The van der Waals surface area contributed by atoms with E-state index in [4.69, 9.17) is 26.8 Å². The smallest absolute Gasteiger partial charge is 0.323 e. The van der Waals surface area contributed by atoms with E-state index < -0.39 is 18.4 Å². The highest BCUT2D eigenvalue weighted by molar-refractivity contribution is 8.26. The molecule has 0 atom stereocenters. The predicted octanol–water partition coefficient (Wildman–Crippen LogP) is 3.14. The first-order valence-corrected chi connectivity index (χ1v) is 8.79. The molecule has 2 aromatic rings. The van der Waals surface area contributed by atoms with Crippen molar-refractivity contribution in [3.63, 3.8) is 0 Å². The fourth-order valence-electron chi connectivity index (χ4n) is 2.66. The van der Waals surface area contributed by atoms with E-state index in [9.17, 15) is 9.59 Å². The van der Waals surface area contributed by atoms with Crippen LogP contribution in [0.4, 0.5) is 0 Å². The van der Waals surface area contributed by atoms with Crippen LogP contribution in [0.2, 0.25) is 0 Å². The highest BCUT2D eigenvalue weighted by Crippen LogP contribution is 2.37. The summed E-state index contributed by atoms with van der Waals surface area (Å²) in [4.78, 5) is 24.9. The van der Waals surface area contributed by atoms with Crippen molar-refractivity contribution in [2.75, 3.05) is 20.8 Å². The predicted molar refractivity (Wildman–Crippen MR) is 105 cm³/mol. The van der Waals surface area contributed by atoms with E-state index in [1.807, 2.05) is 30.3 Å². The molecule has 26 heavy (non-hydrogen) atoms. The van der Waals surface area contributed by atoms with Crippen molar-refractivity contribution in [1.29, 1.82) is 0 Å². The van der Waals surface area contributed by atoms with Crippen molar-refractivity contribution < 1.29 is 24.2 Å². The zero-order chi connectivity index (χ0) is 18.8. The lowest BCUT2D eigenvalue weighted by molar-refractivity contribution is -0.140. The second-order valence-corrected chi connectivity index (χ2v) is 7.11. The summed E-state index contributed by atoms with van der Waals surface area (Å²) in [5.41, 5.74) is 0.708. The van der Waals surface area contributed by atoms with E-state index in [2.05, 4.69) is 0 Å². The zero-order valence-electron chi connectivity index (χ0n) is 14.0. The summed E-state index contributed by atoms with van der Waals surface area (Å²) in [6.45, 7) is -0.456. The molecule has 0 aromatic heterocycles. The molecule has 1 heterocycles. The van der Waals surface area contributed by atoms with Gasteiger partial charge in [-0.25, -0.2) is 0 Å². The Balaban J connectivity index is 2.12. The van der Waals surface area contributed by atoms with Crippen LogP contribution in [0.15, 0.2) is 35.2 Å². The summed E-state index contributed by atoms with van der Waals surface area (Å²) >= 11 is 6.21. The van der Waals surface area contributed by atoms with Crippen LogP contribution in [0.25, 0.3) is 16.8 Å². The van der Waals surface area contributed by atoms with Gasteiger partial charge in [-0.05, 0) is 35.0 Å². The lowest BCUT2D eigenvalue weighted by Crippen LogP contribution is -2.33. The van der Waals surface area contributed by atoms with Crippen molar-refractivity contribution in [2.24, 2.45) is 0 Å². The third kappa shape index (κ3) is 3.38. The summed E-state index contributed by atoms with van der Waals surface area (Å²) in [6, 6.07) is 9.37. The van der Waals surface area contributed by atoms with Crippen molar-refractivity contribution in [3.05, 3.63) is 40.8 Å². The Labute approximate surface area is 159 Å². The minimum absolute atomic E-state index is 0.223. The number of hydrogen-bond donors (Lipinski definition) is 1. The van der Waals surface area contributed by atoms with Gasteiger partial charge in [0.25, 0.3) is 5.91 Å². The van der Waals surface area contributed by atoms with Crippen molar-refractivity contribution in [3.8, 4) is 11.5 Å². The molecule has 2 aromatic carbocycles. The van der Waals surface area contributed by atoms with E-state index in [0.717, 1.165) is 27.4 Å². The topological polar surface area (TPSA) is 76.1 Å². The number of carbonyl (C=O) groups is 2. The van der Waals surface area contributed by atoms with E-state index in [0.29, 0.717) is 22.0 Å². The number of nitrogens with zero attached hydrogens (tertiary/aromatic N) is 1. The molecule has 0 saturated carbocycles. The molecule has 134 valence electrons. The average Bonchev–Trinajstić information content (AvgIpc) is 2.88. The highest BCUT2D eigenvalue weighted by Gasteiger charge is 2.33. The Hall–Kier alpha value is -2.58. The first-order valence-electron chi connectivity index (χ1n) is 7.56. The Morgan fingerprint density at radius 3 is 2.65 bits per heavy atom. The average molecular weight is 389 g/mol. The highest BCUT2D eigenvalue weighted by atomic mass is 32.2. The summed E-state index contributed by atoms with van der Waals surface area (Å²) in [6.07, 6.45) is 1.68. The zero-order valence-corrected chi connectivity index (χ0v) is 15.6. The summed E-state index contributed by atoms with van der Waals surface area (Å²) in [7, 11) is 3.13. The maximum Gasteiger partial charge on any atom is 0.323 e. The van der Waals surface area contributed by atoms with Gasteiger partial charge in [0.1, 0.15) is 22.4 Å². The molecule has 1 saturated heterocycles. The maximum atomic E-state index is 12.5. The number of aliphatic carboxylic acids is 1.